The number of nitrogens with zero attached hydrogens (tertiary/aromatic N) is 1. The molecule has 6 nitrogen and oxygen atoms in total. The van der Waals surface area contributed by atoms with Crippen LogP contribution in [0.1, 0.15) is 27.2 Å². The molecular weight excluding hydrogens is 260 g/mol. The van der Waals surface area contributed by atoms with Crippen LogP contribution in [0.5, 0.6) is 0 Å². The molecule has 0 aromatic rings. The highest BCUT2D eigenvalue weighted by atomic mass is 16.5. The van der Waals surface area contributed by atoms with E-state index in [1.807, 2.05) is 18.7 Å². The summed E-state index contributed by atoms with van der Waals surface area (Å²) in [6, 6.07) is 0. The van der Waals surface area contributed by atoms with Gasteiger partial charge in [-0.05, 0) is 12.3 Å². The summed E-state index contributed by atoms with van der Waals surface area (Å²) in [6.07, 6.45) is 0.778. The van der Waals surface area contributed by atoms with Crippen LogP contribution in [-0.4, -0.2) is 61.8 Å². The van der Waals surface area contributed by atoms with E-state index in [1.54, 1.807) is 14.0 Å². The zero-order valence-corrected chi connectivity index (χ0v) is 13.0. The standard InChI is InChI=1S/C14H28N2O4/c1-11(2)8-15-13(17)10-16(6-5-7-20-4)9-12(3)14(18)19/h11-12H,5-10H2,1-4H3,(H,15,17)(H,18,19). The first-order valence-electron chi connectivity index (χ1n) is 7.07. The minimum absolute atomic E-state index is 0.0614. The third-order valence-corrected chi connectivity index (χ3v) is 2.85. The van der Waals surface area contributed by atoms with Gasteiger partial charge in [-0.25, -0.2) is 0 Å². The van der Waals surface area contributed by atoms with Crippen LogP contribution in [-0.2, 0) is 14.3 Å². The number of aliphatic carboxylic acids is 1. The number of amides is 1. The normalized spacial score (nSPS) is 12.7. The van der Waals surface area contributed by atoms with Crippen molar-refractivity contribution in [2.45, 2.75) is 27.2 Å². The SMILES string of the molecule is COCCCN(CC(=O)NCC(C)C)CC(C)C(=O)O. The second-order valence-electron chi connectivity index (χ2n) is 5.52. The topological polar surface area (TPSA) is 78.9 Å². The number of rotatable bonds is 11. The number of ether oxygens (including phenoxy) is 1. The minimum atomic E-state index is -0.843. The number of hydrogen-bond acceptors (Lipinski definition) is 4. The number of nitrogens with one attached hydrogen (secondary N) is 1. The molecular formula is C14H28N2O4. The number of methoxy groups -OCH3 is 1. The van der Waals surface area contributed by atoms with Gasteiger partial charge >= 0.3 is 5.97 Å². The molecule has 2 N–H and O–H groups in total. The summed E-state index contributed by atoms with van der Waals surface area (Å²) in [6.45, 7) is 8.21. The van der Waals surface area contributed by atoms with Crippen molar-refractivity contribution in [3.63, 3.8) is 0 Å². The zero-order valence-electron chi connectivity index (χ0n) is 13.0. The second kappa shape index (κ2) is 10.6. The Labute approximate surface area is 121 Å². The fraction of sp³-hybridized carbons (Fsp3) is 0.857. The lowest BCUT2D eigenvalue weighted by Gasteiger charge is -2.23. The smallest absolute Gasteiger partial charge is 0.307 e. The zero-order chi connectivity index (χ0) is 15.5. The van der Waals surface area contributed by atoms with Crippen molar-refractivity contribution in [2.75, 3.05) is 39.9 Å². The summed E-state index contributed by atoms with van der Waals surface area (Å²) < 4.78 is 4.99. The van der Waals surface area contributed by atoms with Crippen molar-refractivity contribution in [3.8, 4) is 0 Å². The van der Waals surface area contributed by atoms with E-state index in [-0.39, 0.29) is 12.5 Å². The Kier molecular flexibility index (Phi) is 10.0. The van der Waals surface area contributed by atoms with Gasteiger partial charge in [-0.1, -0.05) is 20.8 Å². The molecule has 0 aliphatic rings. The molecule has 0 fully saturated rings. The summed E-state index contributed by atoms with van der Waals surface area (Å²) >= 11 is 0. The van der Waals surface area contributed by atoms with Gasteiger partial charge in [-0.3, -0.25) is 14.5 Å². The lowest BCUT2D eigenvalue weighted by atomic mass is 10.1. The Hall–Kier alpha value is -1.14. The fourth-order valence-electron chi connectivity index (χ4n) is 1.71. The first kappa shape index (κ1) is 18.9. The van der Waals surface area contributed by atoms with Crippen molar-refractivity contribution < 1.29 is 19.4 Å². The van der Waals surface area contributed by atoms with Gasteiger partial charge in [-0.15, -0.1) is 0 Å². The summed E-state index contributed by atoms with van der Waals surface area (Å²) in [5.41, 5.74) is 0. The molecule has 118 valence electrons. The molecule has 1 unspecified atom stereocenters. The first-order chi connectivity index (χ1) is 9.36. The van der Waals surface area contributed by atoms with E-state index >= 15 is 0 Å². The number of carboxylic acid groups (broad SMARTS) is 1. The summed E-state index contributed by atoms with van der Waals surface area (Å²) in [5.74, 6) is -0.993. The first-order valence-corrected chi connectivity index (χ1v) is 7.07. The molecule has 0 aliphatic heterocycles. The van der Waals surface area contributed by atoms with Gasteiger partial charge in [0.15, 0.2) is 0 Å². The van der Waals surface area contributed by atoms with Crippen molar-refractivity contribution >= 4 is 11.9 Å². The van der Waals surface area contributed by atoms with E-state index in [4.69, 9.17) is 9.84 Å². The van der Waals surface area contributed by atoms with Gasteiger partial charge < -0.3 is 15.2 Å². The highest BCUT2D eigenvalue weighted by Crippen LogP contribution is 2.02. The lowest BCUT2D eigenvalue weighted by molar-refractivity contribution is -0.142. The number of carbonyl (C=O) groups excluding carboxylic acids is 1. The van der Waals surface area contributed by atoms with Crippen LogP contribution in [0, 0.1) is 11.8 Å². The third-order valence-electron chi connectivity index (χ3n) is 2.85. The highest BCUT2D eigenvalue weighted by molar-refractivity contribution is 5.78. The molecule has 1 amide bonds. The predicted molar refractivity (Wildman–Crippen MR) is 77.6 cm³/mol. The van der Waals surface area contributed by atoms with Gasteiger partial charge in [0.05, 0.1) is 12.5 Å². The van der Waals surface area contributed by atoms with Crippen LogP contribution in [0.4, 0.5) is 0 Å². The molecule has 0 spiro atoms. The molecule has 0 heterocycles. The van der Waals surface area contributed by atoms with Gasteiger partial charge in [0.1, 0.15) is 0 Å². The Morgan fingerprint density at radius 1 is 1.30 bits per heavy atom. The summed E-state index contributed by atoms with van der Waals surface area (Å²) in [5, 5.41) is 11.8. The maximum atomic E-state index is 11.8. The van der Waals surface area contributed by atoms with Crippen molar-refractivity contribution in [1.82, 2.24) is 10.2 Å². The monoisotopic (exact) mass is 288 g/mol. The average molecular weight is 288 g/mol. The Bertz CT molecular complexity index is 295. The van der Waals surface area contributed by atoms with Crippen molar-refractivity contribution in [2.24, 2.45) is 11.8 Å². The third kappa shape index (κ3) is 9.75. The maximum absolute atomic E-state index is 11.8. The Morgan fingerprint density at radius 2 is 1.95 bits per heavy atom. The van der Waals surface area contributed by atoms with Crippen molar-refractivity contribution in [3.05, 3.63) is 0 Å². The molecule has 6 heteroatoms. The Morgan fingerprint density at radius 3 is 2.45 bits per heavy atom. The molecule has 0 saturated carbocycles. The number of carboxylic acids is 1. The minimum Gasteiger partial charge on any atom is -0.481 e. The maximum Gasteiger partial charge on any atom is 0.307 e. The molecule has 0 aromatic carbocycles. The van der Waals surface area contributed by atoms with Crippen LogP contribution < -0.4 is 5.32 Å². The van der Waals surface area contributed by atoms with Gasteiger partial charge in [0.25, 0.3) is 0 Å². The molecule has 1 atom stereocenters. The molecule has 0 saturated heterocycles. The molecule has 0 radical (unpaired) electrons. The van der Waals surface area contributed by atoms with Gasteiger partial charge in [-0.2, -0.15) is 0 Å². The van der Waals surface area contributed by atoms with E-state index in [0.29, 0.717) is 32.2 Å². The largest absolute Gasteiger partial charge is 0.481 e. The van der Waals surface area contributed by atoms with Crippen LogP contribution in [0.3, 0.4) is 0 Å². The molecule has 0 rings (SSSR count). The molecule has 0 bridgehead atoms. The predicted octanol–water partition coefficient (Wildman–Crippen LogP) is 0.818. The fourth-order valence-corrected chi connectivity index (χ4v) is 1.71. The van der Waals surface area contributed by atoms with Gasteiger partial charge in [0, 0.05) is 33.4 Å². The summed E-state index contributed by atoms with van der Waals surface area (Å²) in [4.78, 5) is 24.6. The average Bonchev–Trinajstić information content (AvgIpc) is 2.36. The quantitative estimate of drug-likeness (QED) is 0.550. The number of carbonyl (C=O) groups is 2. The van der Waals surface area contributed by atoms with Crippen LogP contribution in [0.15, 0.2) is 0 Å². The summed E-state index contributed by atoms with van der Waals surface area (Å²) in [7, 11) is 1.62. The Balaban J connectivity index is 4.28. The van der Waals surface area contributed by atoms with E-state index in [0.717, 1.165) is 6.42 Å². The highest BCUT2D eigenvalue weighted by Gasteiger charge is 2.18. The van der Waals surface area contributed by atoms with Gasteiger partial charge in [0.2, 0.25) is 5.91 Å². The lowest BCUT2D eigenvalue weighted by Crippen LogP contribution is -2.42. The second-order valence-corrected chi connectivity index (χ2v) is 5.52. The van der Waals surface area contributed by atoms with E-state index in [1.165, 1.54) is 0 Å². The van der Waals surface area contributed by atoms with E-state index < -0.39 is 11.9 Å². The van der Waals surface area contributed by atoms with Crippen LogP contribution >= 0.6 is 0 Å². The molecule has 20 heavy (non-hydrogen) atoms. The van der Waals surface area contributed by atoms with E-state index in [2.05, 4.69) is 5.32 Å². The van der Waals surface area contributed by atoms with E-state index in [9.17, 15) is 9.59 Å². The molecule has 0 aromatic heterocycles. The van der Waals surface area contributed by atoms with Crippen LogP contribution in [0.25, 0.3) is 0 Å². The van der Waals surface area contributed by atoms with Crippen LogP contribution in [0.2, 0.25) is 0 Å². The molecule has 0 aliphatic carbocycles. The van der Waals surface area contributed by atoms with Crippen molar-refractivity contribution in [1.29, 1.82) is 0 Å². The number of hydrogen-bond donors (Lipinski definition) is 2.